The van der Waals surface area contributed by atoms with Gasteiger partial charge in [-0.25, -0.2) is 13.4 Å². The molecule has 1 saturated heterocycles. The predicted octanol–water partition coefficient (Wildman–Crippen LogP) is 5.82. The maximum absolute atomic E-state index is 13.0. The number of aromatic nitrogens is 1. The molecule has 1 aliphatic rings. The van der Waals surface area contributed by atoms with Crippen molar-refractivity contribution >= 4 is 27.0 Å². The average Bonchev–Trinajstić information content (AvgIpc) is 3.27. The molecule has 4 rings (SSSR count). The number of unbranched alkanes of at least 4 members (excludes halogenated alkanes) is 2. The van der Waals surface area contributed by atoms with Gasteiger partial charge in [-0.15, -0.1) is 11.3 Å². The van der Waals surface area contributed by atoms with Crippen molar-refractivity contribution in [2.24, 2.45) is 4.99 Å². The van der Waals surface area contributed by atoms with E-state index >= 15 is 0 Å². The van der Waals surface area contributed by atoms with Crippen LogP contribution in [0, 0.1) is 0 Å². The molecule has 0 saturated carbocycles. The summed E-state index contributed by atoms with van der Waals surface area (Å²) in [6.45, 7) is 4.30. The fraction of sp³-hybridized carbons (Fsp3) is 0.423. The minimum absolute atomic E-state index is 0.369. The molecule has 0 spiro atoms. The Bertz CT molecular complexity index is 1240. The quantitative estimate of drug-likeness (QED) is 0.348. The van der Waals surface area contributed by atoms with E-state index in [1.807, 2.05) is 36.4 Å². The molecule has 0 N–H and O–H groups in total. The zero-order valence-electron chi connectivity index (χ0n) is 19.9. The zero-order valence-corrected chi connectivity index (χ0v) is 21.6. The summed E-state index contributed by atoms with van der Waals surface area (Å²) >= 11 is 1.60. The van der Waals surface area contributed by atoms with Gasteiger partial charge in [0, 0.05) is 25.0 Å². The number of sulfonamides is 1. The molecule has 0 bridgehead atoms. The van der Waals surface area contributed by atoms with Gasteiger partial charge in [0.2, 0.25) is 10.0 Å². The molecule has 0 aliphatic carbocycles. The number of benzene rings is 2. The van der Waals surface area contributed by atoms with Gasteiger partial charge in [-0.1, -0.05) is 38.3 Å². The topological polar surface area (TPSA) is 63.9 Å². The van der Waals surface area contributed by atoms with Crippen LogP contribution in [0.25, 0.3) is 11.3 Å². The average molecular weight is 500 g/mol. The molecule has 6 nitrogen and oxygen atoms in total. The molecule has 1 aliphatic heterocycles. The van der Waals surface area contributed by atoms with E-state index in [1.54, 1.807) is 34.9 Å². The van der Waals surface area contributed by atoms with Crippen LogP contribution in [0.2, 0.25) is 0 Å². The predicted molar refractivity (Wildman–Crippen MR) is 138 cm³/mol. The largest absolute Gasteiger partial charge is 0.497 e. The lowest BCUT2D eigenvalue weighted by Gasteiger charge is -2.25. The highest BCUT2D eigenvalue weighted by atomic mass is 32.2. The standard InChI is InChI=1S/C26H33N3O3S2/c1-3-4-6-19-29-25(20-33-26(29)27-22-11-13-23(32-2)14-12-22)21-9-15-24(16-10-21)34(30,31)28-17-7-5-8-18-28/h9-16,20H,3-8,17-19H2,1-2H3. The van der Waals surface area contributed by atoms with E-state index in [-0.39, 0.29) is 0 Å². The molecule has 1 aromatic heterocycles. The second-order valence-electron chi connectivity index (χ2n) is 8.56. The number of thiazole rings is 1. The molecule has 3 aromatic rings. The molecule has 34 heavy (non-hydrogen) atoms. The summed E-state index contributed by atoms with van der Waals surface area (Å²) in [5.41, 5.74) is 2.94. The van der Waals surface area contributed by atoms with Crippen LogP contribution in [0.1, 0.15) is 45.4 Å². The van der Waals surface area contributed by atoms with Gasteiger partial charge in [0.15, 0.2) is 4.80 Å². The lowest BCUT2D eigenvalue weighted by atomic mass is 10.1. The normalized spacial score (nSPS) is 15.5. The first kappa shape index (κ1) is 24.7. The smallest absolute Gasteiger partial charge is 0.243 e. The zero-order chi connectivity index (χ0) is 24.0. The molecule has 8 heteroatoms. The maximum atomic E-state index is 13.0. The van der Waals surface area contributed by atoms with Crippen molar-refractivity contribution in [3.8, 4) is 17.0 Å². The molecule has 182 valence electrons. The molecular weight excluding hydrogens is 466 g/mol. The second kappa shape index (κ2) is 11.3. The van der Waals surface area contributed by atoms with Crippen molar-refractivity contribution in [1.29, 1.82) is 0 Å². The summed E-state index contributed by atoms with van der Waals surface area (Å²) < 4.78 is 35.2. The highest BCUT2D eigenvalue weighted by molar-refractivity contribution is 7.89. The molecular formula is C26H33N3O3S2. The number of rotatable bonds is 9. The van der Waals surface area contributed by atoms with Crippen LogP contribution in [0.3, 0.4) is 0 Å². The van der Waals surface area contributed by atoms with E-state index in [2.05, 4.69) is 16.9 Å². The van der Waals surface area contributed by atoms with E-state index in [9.17, 15) is 8.42 Å². The molecule has 1 fully saturated rings. The Morgan fingerprint density at radius 2 is 1.68 bits per heavy atom. The Balaban J connectivity index is 1.65. The van der Waals surface area contributed by atoms with E-state index in [4.69, 9.17) is 9.73 Å². The minimum atomic E-state index is -3.43. The molecule has 2 heterocycles. The van der Waals surface area contributed by atoms with E-state index in [0.717, 1.165) is 72.6 Å². The van der Waals surface area contributed by atoms with Crippen LogP contribution in [0.5, 0.6) is 5.75 Å². The van der Waals surface area contributed by atoms with Crippen LogP contribution < -0.4 is 9.54 Å². The fourth-order valence-corrected chi connectivity index (χ4v) is 6.68. The number of piperidine rings is 1. The van der Waals surface area contributed by atoms with Gasteiger partial charge < -0.3 is 9.30 Å². The first-order valence-electron chi connectivity index (χ1n) is 12.0. The monoisotopic (exact) mass is 499 g/mol. The van der Waals surface area contributed by atoms with Crippen molar-refractivity contribution in [2.75, 3.05) is 20.2 Å². The minimum Gasteiger partial charge on any atom is -0.497 e. The van der Waals surface area contributed by atoms with Crippen LogP contribution in [-0.4, -0.2) is 37.5 Å². The molecule has 0 amide bonds. The first-order chi connectivity index (χ1) is 16.5. The lowest BCUT2D eigenvalue weighted by Crippen LogP contribution is -2.35. The SMILES string of the molecule is CCCCCn1c(-c2ccc(S(=O)(=O)N3CCCCC3)cc2)csc1=Nc1ccc(OC)cc1. The van der Waals surface area contributed by atoms with Crippen molar-refractivity contribution in [3.63, 3.8) is 0 Å². The van der Waals surface area contributed by atoms with Crippen LogP contribution in [0.15, 0.2) is 63.8 Å². The third kappa shape index (κ3) is 5.62. The van der Waals surface area contributed by atoms with Gasteiger partial charge >= 0.3 is 0 Å². The highest BCUT2D eigenvalue weighted by Crippen LogP contribution is 2.26. The van der Waals surface area contributed by atoms with E-state index < -0.39 is 10.0 Å². The number of hydrogen-bond acceptors (Lipinski definition) is 5. The number of ether oxygens (including phenoxy) is 1. The van der Waals surface area contributed by atoms with E-state index in [1.165, 1.54) is 0 Å². The third-order valence-electron chi connectivity index (χ3n) is 6.18. The van der Waals surface area contributed by atoms with Crippen molar-refractivity contribution in [1.82, 2.24) is 8.87 Å². The first-order valence-corrected chi connectivity index (χ1v) is 14.3. The Labute approximate surface area is 206 Å². The Hall–Kier alpha value is -2.42. The van der Waals surface area contributed by atoms with Gasteiger partial charge in [0.05, 0.1) is 23.4 Å². The van der Waals surface area contributed by atoms with Gasteiger partial charge in [-0.3, -0.25) is 0 Å². The van der Waals surface area contributed by atoms with Gasteiger partial charge in [0.1, 0.15) is 5.75 Å². The fourth-order valence-electron chi connectivity index (χ4n) is 4.20. The lowest BCUT2D eigenvalue weighted by molar-refractivity contribution is 0.346. The van der Waals surface area contributed by atoms with Crippen molar-refractivity contribution < 1.29 is 13.2 Å². The molecule has 0 radical (unpaired) electrons. The van der Waals surface area contributed by atoms with Crippen LogP contribution >= 0.6 is 11.3 Å². The van der Waals surface area contributed by atoms with Crippen LogP contribution in [-0.2, 0) is 16.6 Å². The molecule has 0 atom stereocenters. The van der Waals surface area contributed by atoms with Gasteiger partial charge in [-0.2, -0.15) is 4.31 Å². The summed E-state index contributed by atoms with van der Waals surface area (Å²) in [7, 11) is -1.77. The van der Waals surface area contributed by atoms with Crippen LogP contribution in [0.4, 0.5) is 5.69 Å². The van der Waals surface area contributed by atoms with Gasteiger partial charge in [0.25, 0.3) is 0 Å². The highest BCUT2D eigenvalue weighted by Gasteiger charge is 2.25. The van der Waals surface area contributed by atoms with E-state index in [0.29, 0.717) is 18.0 Å². The Kier molecular flexibility index (Phi) is 8.24. The number of methoxy groups -OCH3 is 1. The van der Waals surface area contributed by atoms with Crippen molar-refractivity contribution in [2.45, 2.75) is 56.9 Å². The Morgan fingerprint density at radius 3 is 2.32 bits per heavy atom. The van der Waals surface area contributed by atoms with Crippen molar-refractivity contribution in [3.05, 3.63) is 58.7 Å². The van der Waals surface area contributed by atoms with Gasteiger partial charge in [-0.05, 0) is 61.2 Å². The molecule has 2 aromatic carbocycles. The second-order valence-corrected chi connectivity index (χ2v) is 11.3. The maximum Gasteiger partial charge on any atom is 0.243 e. The Morgan fingerprint density at radius 1 is 0.971 bits per heavy atom. The summed E-state index contributed by atoms with van der Waals surface area (Å²) in [4.78, 5) is 6.18. The summed E-state index contributed by atoms with van der Waals surface area (Å²) in [5, 5.41) is 2.11. The third-order valence-corrected chi connectivity index (χ3v) is 8.96. The number of nitrogens with zero attached hydrogens (tertiary/aromatic N) is 3. The summed E-state index contributed by atoms with van der Waals surface area (Å²) in [6.07, 6.45) is 6.34. The summed E-state index contributed by atoms with van der Waals surface area (Å²) in [5.74, 6) is 0.807. The number of hydrogen-bond donors (Lipinski definition) is 0. The molecule has 0 unspecified atom stereocenters. The summed E-state index contributed by atoms with van der Waals surface area (Å²) in [6, 6.07) is 15.1.